The van der Waals surface area contributed by atoms with E-state index in [1.165, 1.54) is 5.56 Å². The smallest absolute Gasteiger partial charge is 0.211 e. The molecule has 0 atom stereocenters. The Hall–Kier alpha value is -1.35. The van der Waals surface area contributed by atoms with Crippen molar-refractivity contribution in [2.75, 3.05) is 19.4 Å². The molecule has 0 saturated heterocycles. The molecule has 1 amide bonds. The maximum absolute atomic E-state index is 10.2. The fraction of sp³-hybridized carbons (Fsp3) is 0.300. The first kappa shape index (κ1) is 9.74. The Morgan fingerprint density at radius 3 is 2.85 bits per heavy atom. The fourth-order valence-corrected chi connectivity index (χ4v) is 1.19. The summed E-state index contributed by atoms with van der Waals surface area (Å²) in [6.07, 6.45) is 0.689. The number of carbonyl (C=O) groups is 1. The summed E-state index contributed by atoms with van der Waals surface area (Å²) in [5.74, 6) is 0. The van der Waals surface area contributed by atoms with Crippen LogP contribution >= 0.6 is 0 Å². The van der Waals surface area contributed by atoms with Crippen LogP contribution in [0.3, 0.4) is 0 Å². The number of hydrogen-bond donors (Lipinski definition) is 1. The number of rotatable bonds is 4. The molecule has 0 radical (unpaired) electrons. The maximum Gasteiger partial charge on any atom is 0.211 e. The fourth-order valence-electron chi connectivity index (χ4n) is 1.19. The van der Waals surface area contributed by atoms with Crippen molar-refractivity contribution < 1.29 is 4.79 Å². The molecule has 0 aromatic heterocycles. The lowest BCUT2D eigenvalue weighted by Gasteiger charge is -2.10. The summed E-state index contributed by atoms with van der Waals surface area (Å²) in [7, 11) is 4.03. The summed E-state index contributed by atoms with van der Waals surface area (Å²) in [6.45, 7) is 0.883. The Labute approximate surface area is 78.4 Å². The van der Waals surface area contributed by atoms with E-state index in [0.29, 0.717) is 6.41 Å². The van der Waals surface area contributed by atoms with Crippen LogP contribution in [0, 0.1) is 0 Å². The van der Waals surface area contributed by atoms with Gasteiger partial charge in [-0.05, 0) is 31.8 Å². The quantitative estimate of drug-likeness (QED) is 0.705. The first-order valence-corrected chi connectivity index (χ1v) is 4.16. The second-order valence-corrected chi connectivity index (χ2v) is 3.20. The largest absolute Gasteiger partial charge is 0.329 e. The van der Waals surface area contributed by atoms with Crippen LogP contribution in [-0.2, 0) is 11.3 Å². The van der Waals surface area contributed by atoms with Crippen molar-refractivity contribution in [1.29, 1.82) is 0 Å². The molecule has 0 aliphatic heterocycles. The first-order chi connectivity index (χ1) is 6.22. The molecule has 1 N–H and O–H groups in total. The number of hydrogen-bond acceptors (Lipinski definition) is 2. The molecule has 0 bridgehead atoms. The van der Waals surface area contributed by atoms with Crippen LogP contribution in [0.5, 0.6) is 0 Å². The second kappa shape index (κ2) is 4.62. The number of carbonyl (C=O) groups excluding carboxylic acids is 1. The normalized spacial score (nSPS) is 10.1. The molecule has 0 unspecified atom stereocenters. The number of nitrogens with one attached hydrogen (secondary N) is 1. The molecule has 1 aromatic rings. The minimum Gasteiger partial charge on any atom is -0.329 e. The van der Waals surface area contributed by atoms with Gasteiger partial charge in [0.1, 0.15) is 0 Å². The summed E-state index contributed by atoms with van der Waals surface area (Å²) in [5.41, 5.74) is 2.03. The highest BCUT2D eigenvalue weighted by Crippen LogP contribution is 2.10. The molecule has 1 aromatic carbocycles. The molecule has 0 saturated carbocycles. The van der Waals surface area contributed by atoms with Gasteiger partial charge in [0.15, 0.2) is 0 Å². The molecule has 13 heavy (non-hydrogen) atoms. The van der Waals surface area contributed by atoms with Gasteiger partial charge in [-0.3, -0.25) is 4.79 Å². The molecular weight excluding hydrogens is 164 g/mol. The SMILES string of the molecule is CN(C)Cc1cccc(NC=O)c1. The van der Waals surface area contributed by atoms with E-state index in [1.54, 1.807) is 0 Å². The number of anilines is 1. The van der Waals surface area contributed by atoms with Crippen molar-refractivity contribution in [1.82, 2.24) is 4.90 Å². The Morgan fingerprint density at radius 2 is 2.23 bits per heavy atom. The molecule has 3 heteroatoms. The van der Waals surface area contributed by atoms with E-state index in [2.05, 4.69) is 10.2 Å². The zero-order valence-electron chi connectivity index (χ0n) is 7.95. The molecule has 0 aliphatic rings. The van der Waals surface area contributed by atoms with Crippen LogP contribution in [0.1, 0.15) is 5.56 Å². The monoisotopic (exact) mass is 178 g/mol. The van der Waals surface area contributed by atoms with Gasteiger partial charge in [-0.15, -0.1) is 0 Å². The van der Waals surface area contributed by atoms with Gasteiger partial charge in [-0.2, -0.15) is 0 Å². The van der Waals surface area contributed by atoms with Gasteiger partial charge < -0.3 is 10.2 Å². The molecular formula is C10H14N2O. The van der Waals surface area contributed by atoms with E-state index in [9.17, 15) is 4.79 Å². The lowest BCUT2D eigenvalue weighted by atomic mass is 10.2. The van der Waals surface area contributed by atoms with Crippen molar-refractivity contribution in [3.63, 3.8) is 0 Å². The topological polar surface area (TPSA) is 32.3 Å². The van der Waals surface area contributed by atoms with E-state index >= 15 is 0 Å². The second-order valence-electron chi connectivity index (χ2n) is 3.20. The standard InChI is InChI=1S/C10H14N2O/c1-12(2)7-9-4-3-5-10(6-9)11-8-13/h3-6,8H,7H2,1-2H3,(H,11,13). The van der Waals surface area contributed by atoms with Crippen LogP contribution in [0.25, 0.3) is 0 Å². The van der Waals surface area contributed by atoms with Crippen LogP contribution < -0.4 is 5.32 Å². The highest BCUT2D eigenvalue weighted by molar-refractivity contribution is 5.71. The maximum atomic E-state index is 10.2. The molecule has 1 rings (SSSR count). The Kier molecular flexibility index (Phi) is 3.46. The molecule has 0 fully saturated rings. The molecule has 0 spiro atoms. The molecule has 70 valence electrons. The van der Waals surface area contributed by atoms with Gasteiger partial charge >= 0.3 is 0 Å². The third-order valence-corrected chi connectivity index (χ3v) is 1.65. The van der Waals surface area contributed by atoms with Gasteiger partial charge in [0.2, 0.25) is 6.41 Å². The van der Waals surface area contributed by atoms with Crippen LogP contribution in [0.4, 0.5) is 5.69 Å². The first-order valence-electron chi connectivity index (χ1n) is 4.16. The van der Waals surface area contributed by atoms with Gasteiger partial charge in [0, 0.05) is 12.2 Å². The minimum absolute atomic E-state index is 0.689. The zero-order chi connectivity index (χ0) is 9.68. The summed E-state index contributed by atoms with van der Waals surface area (Å²) in [5, 5.41) is 2.62. The van der Waals surface area contributed by atoms with Crippen molar-refractivity contribution >= 4 is 12.1 Å². The lowest BCUT2D eigenvalue weighted by Crippen LogP contribution is -2.10. The lowest BCUT2D eigenvalue weighted by molar-refractivity contribution is -0.105. The van der Waals surface area contributed by atoms with E-state index in [-0.39, 0.29) is 0 Å². The third-order valence-electron chi connectivity index (χ3n) is 1.65. The molecule has 3 nitrogen and oxygen atoms in total. The van der Waals surface area contributed by atoms with E-state index in [4.69, 9.17) is 0 Å². The highest BCUT2D eigenvalue weighted by atomic mass is 16.1. The third kappa shape index (κ3) is 3.25. The van der Waals surface area contributed by atoms with Gasteiger partial charge in [0.05, 0.1) is 0 Å². The summed E-state index contributed by atoms with van der Waals surface area (Å²) >= 11 is 0. The predicted molar refractivity (Wildman–Crippen MR) is 53.5 cm³/mol. The number of amides is 1. The van der Waals surface area contributed by atoms with Crippen molar-refractivity contribution in [3.8, 4) is 0 Å². The highest BCUT2D eigenvalue weighted by Gasteiger charge is 1.96. The van der Waals surface area contributed by atoms with Crippen molar-refractivity contribution in [2.45, 2.75) is 6.54 Å². The van der Waals surface area contributed by atoms with E-state index in [1.807, 2.05) is 38.4 Å². The van der Waals surface area contributed by atoms with Crippen LogP contribution in [-0.4, -0.2) is 25.4 Å². The van der Waals surface area contributed by atoms with Crippen molar-refractivity contribution in [3.05, 3.63) is 29.8 Å². The van der Waals surface area contributed by atoms with Crippen LogP contribution in [0.15, 0.2) is 24.3 Å². The Bertz CT molecular complexity index is 284. The van der Waals surface area contributed by atoms with Gasteiger partial charge in [0.25, 0.3) is 0 Å². The molecule has 0 aliphatic carbocycles. The van der Waals surface area contributed by atoms with Gasteiger partial charge in [-0.1, -0.05) is 12.1 Å². The summed E-state index contributed by atoms with van der Waals surface area (Å²) in [4.78, 5) is 12.3. The minimum atomic E-state index is 0.689. The Balaban J connectivity index is 2.72. The average Bonchev–Trinajstić information content (AvgIpc) is 2.04. The van der Waals surface area contributed by atoms with Gasteiger partial charge in [-0.25, -0.2) is 0 Å². The predicted octanol–water partition coefficient (Wildman–Crippen LogP) is 1.32. The average molecular weight is 178 g/mol. The number of nitrogens with zero attached hydrogens (tertiary/aromatic N) is 1. The van der Waals surface area contributed by atoms with E-state index < -0.39 is 0 Å². The zero-order valence-corrected chi connectivity index (χ0v) is 7.95. The Morgan fingerprint density at radius 1 is 1.46 bits per heavy atom. The molecule has 0 heterocycles. The van der Waals surface area contributed by atoms with Crippen molar-refractivity contribution in [2.24, 2.45) is 0 Å². The van der Waals surface area contributed by atoms with E-state index in [0.717, 1.165) is 12.2 Å². The van der Waals surface area contributed by atoms with Crippen LogP contribution in [0.2, 0.25) is 0 Å². The summed E-state index contributed by atoms with van der Waals surface area (Å²) < 4.78 is 0. The summed E-state index contributed by atoms with van der Waals surface area (Å²) in [6, 6.07) is 7.81. The number of benzene rings is 1.